The maximum atomic E-state index is 11.8. The van der Waals surface area contributed by atoms with Gasteiger partial charge in [-0.25, -0.2) is 14.4 Å². The number of carbonyl (C=O) groups excluding carboxylic acids is 2. The van der Waals surface area contributed by atoms with Crippen molar-refractivity contribution in [2.45, 2.75) is 6.92 Å². The first-order valence-electron chi connectivity index (χ1n) is 11.7. The number of carbonyl (C=O) groups is 5. The van der Waals surface area contributed by atoms with Crippen LogP contribution in [-0.4, -0.2) is 130 Å². The quantitative estimate of drug-likeness (QED) is 0.0540. The van der Waals surface area contributed by atoms with Crippen LogP contribution in [-0.2, 0) is 33.4 Å². The van der Waals surface area contributed by atoms with E-state index in [9.17, 15) is 39.3 Å². The largest absolute Gasteiger partial charge is 0.478 e. The van der Waals surface area contributed by atoms with Crippen LogP contribution < -0.4 is 0 Å². The van der Waals surface area contributed by atoms with Gasteiger partial charge in [0.2, 0.25) is 0 Å². The molecule has 0 rings (SSSR count). The molecule has 15 heteroatoms. The van der Waals surface area contributed by atoms with E-state index in [-0.39, 0.29) is 13.2 Å². The molecular formula is C27H44O15. The van der Waals surface area contributed by atoms with Crippen molar-refractivity contribution in [1.82, 2.24) is 0 Å². The number of hydrogen-bond acceptors (Lipinski definition) is 12. The summed E-state index contributed by atoms with van der Waals surface area (Å²) < 4.78 is 9.75. The number of aliphatic hydroxyl groups excluding tert-OH is 5. The first-order valence-corrected chi connectivity index (χ1v) is 11.7. The van der Waals surface area contributed by atoms with Gasteiger partial charge in [-0.05, 0) is 19.1 Å². The predicted molar refractivity (Wildman–Crippen MR) is 152 cm³/mol. The summed E-state index contributed by atoms with van der Waals surface area (Å²) in [5.41, 5.74) is -3.43. The lowest BCUT2D eigenvalue weighted by Crippen LogP contribution is -2.56. The van der Waals surface area contributed by atoms with Gasteiger partial charge < -0.3 is 50.3 Å². The van der Waals surface area contributed by atoms with Crippen molar-refractivity contribution >= 4 is 29.5 Å². The maximum Gasteiger partial charge on any atom is 0.327 e. The maximum absolute atomic E-state index is 11.8. The summed E-state index contributed by atoms with van der Waals surface area (Å²) in [6, 6.07) is 0. The fourth-order valence-corrected chi connectivity index (χ4v) is 2.13. The van der Waals surface area contributed by atoms with Gasteiger partial charge in [0, 0.05) is 18.2 Å². The highest BCUT2D eigenvalue weighted by Crippen LogP contribution is 2.41. The zero-order valence-electron chi connectivity index (χ0n) is 23.7. The first-order chi connectivity index (χ1) is 19.6. The molecule has 0 aliphatic rings. The van der Waals surface area contributed by atoms with Crippen molar-refractivity contribution in [2.24, 2.45) is 10.8 Å². The molecule has 0 radical (unpaired) electrons. The molecule has 0 saturated heterocycles. The van der Waals surface area contributed by atoms with Gasteiger partial charge in [0.15, 0.2) is 11.6 Å². The van der Waals surface area contributed by atoms with E-state index in [4.69, 9.17) is 35.0 Å². The fraction of sp³-hybridized carbons (Fsp3) is 0.444. The molecule has 0 aliphatic heterocycles. The van der Waals surface area contributed by atoms with E-state index in [1.54, 1.807) is 0 Å². The second kappa shape index (κ2) is 31.7. The third-order valence-corrected chi connectivity index (χ3v) is 4.69. The Kier molecular flexibility index (Phi) is 36.2. The van der Waals surface area contributed by atoms with Crippen molar-refractivity contribution in [1.29, 1.82) is 0 Å². The summed E-state index contributed by atoms with van der Waals surface area (Å²) in [4.78, 5) is 51.4. The molecule has 0 amide bonds. The number of carboxylic acid groups (broad SMARTS) is 3. The highest BCUT2D eigenvalue weighted by atomic mass is 16.5. The third kappa shape index (κ3) is 24.0. The Morgan fingerprint density at radius 1 is 0.548 bits per heavy atom. The van der Waals surface area contributed by atoms with Crippen LogP contribution in [0.15, 0.2) is 63.3 Å². The van der Waals surface area contributed by atoms with E-state index in [1.165, 1.54) is 6.92 Å². The van der Waals surface area contributed by atoms with Crippen LogP contribution in [0.3, 0.4) is 0 Å². The van der Waals surface area contributed by atoms with Gasteiger partial charge in [0.1, 0.15) is 5.41 Å². The number of ether oxygens (including phenoxy) is 2. The lowest BCUT2D eigenvalue weighted by molar-refractivity contribution is -0.154. The fourth-order valence-electron chi connectivity index (χ4n) is 2.13. The van der Waals surface area contributed by atoms with Crippen molar-refractivity contribution in [3.05, 3.63) is 63.3 Å². The van der Waals surface area contributed by atoms with E-state index < -0.39 is 60.1 Å². The van der Waals surface area contributed by atoms with Gasteiger partial charge in [0.25, 0.3) is 0 Å². The Hall–Kier alpha value is -3.83. The van der Waals surface area contributed by atoms with Crippen LogP contribution in [0.5, 0.6) is 0 Å². The molecule has 0 saturated carbocycles. The molecule has 242 valence electrons. The van der Waals surface area contributed by atoms with Crippen LogP contribution in [0.1, 0.15) is 6.92 Å². The number of ketones is 2. The van der Waals surface area contributed by atoms with E-state index in [2.05, 4.69) is 32.9 Å². The molecule has 0 fully saturated rings. The monoisotopic (exact) mass is 608 g/mol. The Morgan fingerprint density at radius 3 is 0.929 bits per heavy atom. The molecule has 15 nitrogen and oxygen atoms in total. The molecule has 0 spiro atoms. The summed E-state index contributed by atoms with van der Waals surface area (Å²) in [6.45, 7) is 16.3. The summed E-state index contributed by atoms with van der Waals surface area (Å²) in [5.74, 6) is -4.31. The van der Waals surface area contributed by atoms with Gasteiger partial charge in [-0.3, -0.25) is 9.59 Å². The molecule has 0 heterocycles. The van der Waals surface area contributed by atoms with Crippen molar-refractivity contribution in [3.8, 4) is 0 Å². The second-order valence-corrected chi connectivity index (χ2v) is 7.32. The van der Waals surface area contributed by atoms with E-state index in [0.29, 0.717) is 26.4 Å². The van der Waals surface area contributed by atoms with E-state index in [0.717, 1.165) is 30.4 Å². The first kappa shape index (κ1) is 47.9. The number of aliphatic carboxylic acids is 3. The zero-order chi connectivity index (χ0) is 34.2. The van der Waals surface area contributed by atoms with Crippen molar-refractivity contribution in [2.75, 3.05) is 59.5 Å². The lowest BCUT2D eigenvalue weighted by atomic mass is 9.60. The van der Waals surface area contributed by atoms with Crippen LogP contribution in [0.2, 0.25) is 0 Å². The summed E-state index contributed by atoms with van der Waals surface area (Å²) in [5, 5.41) is 67.3. The minimum atomic E-state index is -1.78. The number of rotatable bonds is 18. The number of allylic oxidation sites excluding steroid dienone is 2. The molecular weight excluding hydrogens is 564 g/mol. The number of carboxylic acids is 3. The lowest BCUT2D eigenvalue weighted by Gasteiger charge is -2.42. The second-order valence-electron chi connectivity index (χ2n) is 7.32. The Bertz CT molecular complexity index is 750. The van der Waals surface area contributed by atoms with Crippen molar-refractivity contribution < 1.29 is 74.3 Å². The van der Waals surface area contributed by atoms with Gasteiger partial charge in [-0.1, -0.05) is 32.9 Å². The smallest absolute Gasteiger partial charge is 0.327 e. The molecule has 0 aromatic carbocycles. The summed E-state index contributed by atoms with van der Waals surface area (Å²) in [7, 11) is 0. The zero-order valence-corrected chi connectivity index (χ0v) is 23.7. The minimum Gasteiger partial charge on any atom is -0.478 e. The predicted octanol–water partition coefficient (Wildman–Crippen LogP) is -0.759. The summed E-state index contributed by atoms with van der Waals surface area (Å²) in [6.07, 6.45) is 4.36. The normalized spacial score (nSPS) is 9.57. The molecule has 0 unspecified atom stereocenters. The third-order valence-electron chi connectivity index (χ3n) is 4.69. The number of aliphatic hydroxyl groups is 5. The molecule has 0 aromatic rings. The Morgan fingerprint density at radius 2 is 0.786 bits per heavy atom. The van der Waals surface area contributed by atoms with E-state index >= 15 is 0 Å². The van der Waals surface area contributed by atoms with Gasteiger partial charge in [-0.2, -0.15) is 0 Å². The number of hydrogen-bond donors (Lipinski definition) is 8. The Balaban J connectivity index is -0.000000154. The van der Waals surface area contributed by atoms with Gasteiger partial charge in [-0.15, -0.1) is 0 Å². The van der Waals surface area contributed by atoms with Gasteiger partial charge >= 0.3 is 17.9 Å². The molecule has 8 N–H and O–H groups in total. The minimum absolute atomic E-state index is 0.0417. The molecule has 0 aromatic heterocycles. The standard InChI is InChI=1S/C12H18O5.C6H14O4.3C3H4O2/c1-4-9(16)11(3,10(17)5-2)12(6-13,7-14)8-15;7-1-3-9-5-6-10-4-2-8;3*1-2-3(4)5/h4-5,13-15H,1-2,6-8H2,3H3;7-8H,1-6H2;3*2H,1H2,(H,4,5). The summed E-state index contributed by atoms with van der Waals surface area (Å²) >= 11 is 0. The van der Waals surface area contributed by atoms with Crippen LogP contribution >= 0.6 is 0 Å². The highest BCUT2D eigenvalue weighted by Gasteiger charge is 2.55. The Labute approximate surface area is 244 Å². The van der Waals surface area contributed by atoms with E-state index in [1.807, 2.05) is 0 Å². The van der Waals surface area contributed by atoms with Crippen LogP contribution in [0, 0.1) is 10.8 Å². The molecule has 0 atom stereocenters. The SMILES string of the molecule is C=CC(=O)C(C)(C(=O)C=C)C(CO)(CO)CO.C=CC(=O)O.C=CC(=O)O.C=CC(=O)O.OCCOCCOCCO. The molecule has 0 bridgehead atoms. The van der Waals surface area contributed by atoms with Crippen LogP contribution in [0.4, 0.5) is 0 Å². The topological polar surface area (TPSA) is 266 Å². The molecule has 0 aliphatic carbocycles. The van der Waals surface area contributed by atoms with Gasteiger partial charge in [0.05, 0.1) is 64.9 Å². The molecule has 42 heavy (non-hydrogen) atoms. The average molecular weight is 609 g/mol. The van der Waals surface area contributed by atoms with Crippen molar-refractivity contribution in [3.63, 3.8) is 0 Å². The van der Waals surface area contributed by atoms with Crippen LogP contribution in [0.25, 0.3) is 0 Å². The average Bonchev–Trinajstić information content (AvgIpc) is 2.99. The highest BCUT2D eigenvalue weighted by molar-refractivity contribution is 6.15.